The number of aromatic hydroxyl groups is 1. The second-order valence-corrected chi connectivity index (χ2v) is 8.34. The molecule has 1 N–H and O–H groups in total. The van der Waals surface area contributed by atoms with E-state index in [1.807, 2.05) is 6.92 Å². The lowest BCUT2D eigenvalue weighted by atomic mass is 10.0. The number of amides is 3. The number of phenols is 1. The minimum atomic E-state index is -0.525. The van der Waals surface area contributed by atoms with Crippen LogP contribution >= 0.6 is 35.0 Å². The first-order valence-corrected chi connectivity index (χ1v) is 10.1. The molecule has 0 aliphatic carbocycles. The van der Waals surface area contributed by atoms with E-state index in [1.165, 1.54) is 18.2 Å². The van der Waals surface area contributed by atoms with Crippen molar-refractivity contribution < 1.29 is 19.5 Å². The fourth-order valence-corrected chi connectivity index (χ4v) is 4.49. The molecule has 6 nitrogen and oxygen atoms in total. The zero-order valence-electron chi connectivity index (χ0n) is 14.6. The van der Waals surface area contributed by atoms with E-state index in [9.17, 15) is 19.5 Å². The van der Waals surface area contributed by atoms with Crippen LogP contribution in [0.3, 0.4) is 0 Å². The number of rotatable bonds is 3. The van der Waals surface area contributed by atoms with Crippen LogP contribution in [0, 0.1) is 0 Å². The normalized spacial score (nSPS) is 22.0. The van der Waals surface area contributed by atoms with Crippen molar-refractivity contribution in [1.82, 2.24) is 9.80 Å². The molecule has 2 heterocycles. The number of benzene rings is 1. The molecule has 0 spiro atoms. The third-order valence-electron chi connectivity index (χ3n) is 4.63. The minimum absolute atomic E-state index is 0.0437. The molecule has 0 unspecified atom stereocenters. The van der Waals surface area contributed by atoms with Gasteiger partial charge < -0.3 is 10.0 Å². The van der Waals surface area contributed by atoms with Crippen molar-refractivity contribution >= 4 is 58.1 Å². The summed E-state index contributed by atoms with van der Waals surface area (Å²) in [5.41, 5.74) is 0.476. The molecule has 0 radical (unpaired) electrons. The number of piperidine rings is 1. The van der Waals surface area contributed by atoms with Crippen molar-refractivity contribution in [3.05, 3.63) is 32.6 Å². The Labute approximate surface area is 171 Å². The van der Waals surface area contributed by atoms with E-state index in [4.69, 9.17) is 23.2 Å². The van der Waals surface area contributed by atoms with Gasteiger partial charge in [0.1, 0.15) is 6.54 Å². The molecule has 1 atom stereocenters. The largest absolute Gasteiger partial charge is 0.505 e. The van der Waals surface area contributed by atoms with Crippen molar-refractivity contribution in [3.63, 3.8) is 0 Å². The van der Waals surface area contributed by atoms with Gasteiger partial charge in [0.05, 0.1) is 15.0 Å². The molecule has 0 aromatic heterocycles. The predicted octanol–water partition coefficient (Wildman–Crippen LogP) is 4.14. The Morgan fingerprint density at radius 1 is 1.30 bits per heavy atom. The molecule has 1 aromatic rings. The van der Waals surface area contributed by atoms with Gasteiger partial charge in [-0.25, -0.2) is 0 Å². The zero-order valence-corrected chi connectivity index (χ0v) is 16.9. The molecule has 27 heavy (non-hydrogen) atoms. The number of carbonyl (C=O) groups excluding carboxylic acids is 3. The highest BCUT2D eigenvalue weighted by molar-refractivity contribution is 8.18. The summed E-state index contributed by atoms with van der Waals surface area (Å²) in [7, 11) is 0. The fraction of sp³-hybridized carbons (Fsp3) is 0.389. The fourth-order valence-electron chi connectivity index (χ4n) is 3.15. The van der Waals surface area contributed by atoms with Gasteiger partial charge in [-0.3, -0.25) is 19.3 Å². The Hall–Kier alpha value is -1.70. The van der Waals surface area contributed by atoms with Gasteiger partial charge in [-0.2, -0.15) is 0 Å². The molecule has 2 aliphatic heterocycles. The molecular formula is C18H18Cl2N2O4S. The lowest BCUT2D eigenvalue weighted by Crippen LogP contribution is -2.47. The molecule has 3 rings (SSSR count). The molecule has 0 saturated carbocycles. The quantitative estimate of drug-likeness (QED) is 0.731. The number of thioether (sulfide) groups is 1. The monoisotopic (exact) mass is 428 g/mol. The van der Waals surface area contributed by atoms with Crippen LogP contribution in [0.4, 0.5) is 4.79 Å². The number of carbonyl (C=O) groups is 3. The average Bonchev–Trinajstić information content (AvgIpc) is 2.87. The van der Waals surface area contributed by atoms with E-state index < -0.39 is 11.1 Å². The Balaban J connectivity index is 1.76. The van der Waals surface area contributed by atoms with E-state index >= 15 is 0 Å². The van der Waals surface area contributed by atoms with E-state index in [1.54, 1.807) is 4.90 Å². The molecule has 2 aliphatic rings. The minimum Gasteiger partial charge on any atom is -0.505 e. The highest BCUT2D eigenvalue weighted by Crippen LogP contribution is 2.36. The topological polar surface area (TPSA) is 77.9 Å². The predicted molar refractivity (Wildman–Crippen MR) is 106 cm³/mol. The Bertz CT molecular complexity index is 820. The van der Waals surface area contributed by atoms with E-state index in [-0.39, 0.29) is 39.2 Å². The van der Waals surface area contributed by atoms with E-state index in [0.717, 1.165) is 35.9 Å². The SMILES string of the molecule is C[C@H]1CCCCN1C(=O)CN1C(=O)S/C(=C\c2cc(Cl)c(O)c(Cl)c2)C1=O. The summed E-state index contributed by atoms with van der Waals surface area (Å²) in [6, 6.07) is 3.00. The van der Waals surface area contributed by atoms with E-state index in [2.05, 4.69) is 0 Å². The molecule has 2 fully saturated rings. The second-order valence-electron chi connectivity index (χ2n) is 6.53. The third-order valence-corrected chi connectivity index (χ3v) is 6.11. The van der Waals surface area contributed by atoms with Crippen LogP contribution in [0.15, 0.2) is 17.0 Å². The maximum atomic E-state index is 12.6. The first kappa shape index (κ1) is 20.0. The first-order chi connectivity index (χ1) is 12.8. The summed E-state index contributed by atoms with van der Waals surface area (Å²) < 4.78 is 0. The number of hydrogen-bond acceptors (Lipinski definition) is 5. The van der Waals surface area contributed by atoms with Crippen molar-refractivity contribution in [1.29, 1.82) is 0 Å². The number of hydrogen-bond donors (Lipinski definition) is 1. The molecule has 0 bridgehead atoms. The average molecular weight is 429 g/mol. The molecule has 2 saturated heterocycles. The van der Waals surface area contributed by atoms with Gasteiger partial charge in [0.2, 0.25) is 5.91 Å². The maximum Gasteiger partial charge on any atom is 0.294 e. The number of phenolic OH excluding ortho intramolecular Hbond substituents is 1. The van der Waals surface area contributed by atoms with Crippen molar-refractivity contribution in [2.75, 3.05) is 13.1 Å². The van der Waals surface area contributed by atoms with Gasteiger partial charge in [0, 0.05) is 12.6 Å². The maximum absolute atomic E-state index is 12.6. The zero-order chi connectivity index (χ0) is 19.7. The summed E-state index contributed by atoms with van der Waals surface area (Å²) in [6.07, 6.45) is 4.40. The number of imide groups is 1. The summed E-state index contributed by atoms with van der Waals surface area (Å²) in [5.74, 6) is -0.991. The number of likely N-dealkylation sites (tertiary alicyclic amines) is 1. The van der Waals surface area contributed by atoms with Crippen LogP contribution in [0.1, 0.15) is 31.7 Å². The van der Waals surface area contributed by atoms with Crippen LogP contribution in [0.25, 0.3) is 6.08 Å². The molecule has 3 amide bonds. The van der Waals surface area contributed by atoms with Crippen LogP contribution in [0.5, 0.6) is 5.75 Å². The summed E-state index contributed by atoms with van der Waals surface area (Å²) in [4.78, 5) is 40.2. The van der Waals surface area contributed by atoms with Crippen LogP contribution in [-0.2, 0) is 9.59 Å². The highest BCUT2D eigenvalue weighted by atomic mass is 35.5. The van der Waals surface area contributed by atoms with Gasteiger partial charge in [0.15, 0.2) is 5.75 Å². The van der Waals surface area contributed by atoms with Gasteiger partial charge >= 0.3 is 0 Å². The van der Waals surface area contributed by atoms with Crippen LogP contribution < -0.4 is 0 Å². The van der Waals surface area contributed by atoms with Gasteiger partial charge in [-0.1, -0.05) is 23.2 Å². The molecule has 1 aromatic carbocycles. The summed E-state index contributed by atoms with van der Waals surface area (Å²) in [5, 5.41) is 9.21. The standard InChI is InChI=1S/C18H18Cl2N2O4S/c1-10-4-2-3-5-21(10)15(23)9-22-17(25)14(27-18(22)26)8-11-6-12(19)16(24)13(20)7-11/h6-8,10,24H,2-5,9H2,1H3/b14-8-/t10-/m0/s1. The Kier molecular flexibility index (Phi) is 6.03. The smallest absolute Gasteiger partial charge is 0.294 e. The van der Waals surface area contributed by atoms with Gasteiger partial charge in [0.25, 0.3) is 11.1 Å². The number of halogens is 2. The van der Waals surface area contributed by atoms with Gasteiger partial charge in [-0.05, 0) is 61.7 Å². The molecular weight excluding hydrogens is 411 g/mol. The van der Waals surface area contributed by atoms with E-state index in [0.29, 0.717) is 12.1 Å². The van der Waals surface area contributed by atoms with Crippen molar-refractivity contribution in [2.45, 2.75) is 32.2 Å². The van der Waals surface area contributed by atoms with Crippen molar-refractivity contribution in [3.8, 4) is 5.75 Å². The lowest BCUT2D eigenvalue weighted by Gasteiger charge is -2.34. The highest BCUT2D eigenvalue weighted by Gasteiger charge is 2.38. The van der Waals surface area contributed by atoms with Crippen LogP contribution in [0.2, 0.25) is 10.0 Å². The number of nitrogens with zero attached hydrogens (tertiary/aromatic N) is 2. The molecule has 144 valence electrons. The Morgan fingerprint density at radius 3 is 2.59 bits per heavy atom. The van der Waals surface area contributed by atoms with Gasteiger partial charge in [-0.15, -0.1) is 0 Å². The molecule has 9 heteroatoms. The van der Waals surface area contributed by atoms with Crippen molar-refractivity contribution in [2.24, 2.45) is 0 Å². The van der Waals surface area contributed by atoms with Crippen LogP contribution in [-0.4, -0.2) is 51.1 Å². The lowest BCUT2D eigenvalue weighted by molar-refractivity contribution is -0.138. The summed E-state index contributed by atoms with van der Waals surface area (Å²) >= 11 is 12.5. The third kappa shape index (κ3) is 4.25. The summed E-state index contributed by atoms with van der Waals surface area (Å²) in [6.45, 7) is 2.36. The Morgan fingerprint density at radius 2 is 1.96 bits per heavy atom. The second kappa shape index (κ2) is 8.12. The first-order valence-electron chi connectivity index (χ1n) is 8.50.